The first-order valence-electron chi connectivity index (χ1n) is 22.6. The number of imidazole rings is 1. The molecule has 2 aromatic carbocycles. The summed E-state index contributed by atoms with van der Waals surface area (Å²) in [5.41, 5.74) is 5.33. The fraction of sp³-hybridized carbons (Fsp3) is 0.426. The lowest BCUT2D eigenvalue weighted by Crippen LogP contribution is -2.59. The quantitative estimate of drug-likeness (QED) is 0.176. The fourth-order valence-corrected chi connectivity index (χ4v) is 10.9. The molecule has 0 bridgehead atoms. The monoisotopic (exact) mass is 880 g/mol. The van der Waals surface area contributed by atoms with Crippen LogP contribution in [-0.2, 0) is 9.59 Å². The Morgan fingerprint density at radius 3 is 2.31 bits per heavy atom. The van der Waals surface area contributed by atoms with E-state index in [1.165, 1.54) is 11.8 Å². The number of halogens is 1. The number of amides is 5. The number of benzene rings is 2. The molecule has 1 spiro atoms. The van der Waals surface area contributed by atoms with Gasteiger partial charge in [-0.15, -0.1) is 0 Å². The maximum Gasteiger partial charge on any atom is 0.270 e. The predicted octanol–water partition coefficient (Wildman–Crippen LogP) is 4.52. The lowest BCUT2D eigenvalue weighted by Gasteiger charge is -2.56. The normalized spacial score (nSPS) is 23.4. The topological polar surface area (TPSA) is 191 Å². The third kappa shape index (κ3) is 7.42. The van der Waals surface area contributed by atoms with Gasteiger partial charge in [0.15, 0.2) is 17.0 Å². The molecule has 1 atom stereocenters. The van der Waals surface area contributed by atoms with Gasteiger partial charge in [0.05, 0.1) is 23.1 Å². The minimum Gasteiger partial charge on any atom is -0.369 e. The molecule has 3 N–H and O–H groups in total. The highest BCUT2D eigenvalue weighted by Crippen LogP contribution is 2.52. The predicted molar refractivity (Wildman–Crippen MR) is 237 cm³/mol. The molecule has 4 aliphatic heterocycles. The van der Waals surface area contributed by atoms with Crippen molar-refractivity contribution in [1.82, 2.24) is 44.9 Å². The van der Waals surface area contributed by atoms with Crippen LogP contribution in [0.3, 0.4) is 0 Å². The number of piperazine rings is 1. The lowest BCUT2D eigenvalue weighted by molar-refractivity contribution is -0.136. The molecule has 65 heavy (non-hydrogen) atoms. The highest BCUT2D eigenvalue weighted by atomic mass is 19.1. The van der Waals surface area contributed by atoms with Gasteiger partial charge in [-0.1, -0.05) is 6.07 Å². The number of aromatic nitrogens is 5. The average Bonchev–Trinajstić information content (AvgIpc) is 3.81. The van der Waals surface area contributed by atoms with E-state index in [0.29, 0.717) is 41.8 Å². The van der Waals surface area contributed by atoms with Crippen molar-refractivity contribution in [1.29, 1.82) is 0 Å². The highest BCUT2D eigenvalue weighted by molar-refractivity contribution is 6.23. The molecule has 17 nitrogen and oxygen atoms in total. The van der Waals surface area contributed by atoms with Crippen LogP contribution in [0.25, 0.3) is 11.2 Å². The molecule has 334 valence electrons. The van der Waals surface area contributed by atoms with Crippen molar-refractivity contribution in [3.8, 4) is 0 Å². The van der Waals surface area contributed by atoms with Crippen LogP contribution in [0, 0.1) is 18.2 Å². The van der Waals surface area contributed by atoms with Gasteiger partial charge in [-0.3, -0.25) is 39.1 Å². The molecule has 3 saturated heterocycles. The van der Waals surface area contributed by atoms with E-state index in [0.717, 1.165) is 92.7 Å². The number of piperidine rings is 2. The number of hydrogen-bond donors (Lipinski definition) is 3. The maximum atomic E-state index is 15.6. The second-order valence-electron chi connectivity index (χ2n) is 18.5. The number of imide groups is 2. The molecule has 0 radical (unpaired) electrons. The number of pyridine rings is 1. The Balaban J connectivity index is 0.645. The van der Waals surface area contributed by atoms with Gasteiger partial charge in [0.25, 0.3) is 17.7 Å². The number of rotatable bonds is 9. The summed E-state index contributed by atoms with van der Waals surface area (Å²) in [5, 5.41) is 8.74. The first-order chi connectivity index (χ1) is 31.5. The molecule has 11 rings (SSSR count). The number of carbonyl (C=O) groups excluding carboxylic acids is 5. The first kappa shape index (κ1) is 40.9. The average molecular weight is 881 g/mol. The van der Waals surface area contributed by atoms with E-state index in [9.17, 15) is 24.0 Å². The molecule has 7 heterocycles. The van der Waals surface area contributed by atoms with Crippen molar-refractivity contribution in [2.24, 2.45) is 5.41 Å². The van der Waals surface area contributed by atoms with Gasteiger partial charge >= 0.3 is 0 Å². The van der Waals surface area contributed by atoms with E-state index in [2.05, 4.69) is 74.5 Å². The van der Waals surface area contributed by atoms with Crippen LogP contribution in [-0.4, -0.2) is 121 Å². The van der Waals surface area contributed by atoms with Crippen molar-refractivity contribution < 1.29 is 28.4 Å². The molecule has 5 fully saturated rings. The Morgan fingerprint density at radius 2 is 1.58 bits per heavy atom. The Bertz CT molecular complexity index is 2750. The van der Waals surface area contributed by atoms with Crippen LogP contribution < -0.4 is 25.8 Å². The van der Waals surface area contributed by atoms with Crippen molar-refractivity contribution in [2.75, 3.05) is 54.4 Å². The van der Waals surface area contributed by atoms with Crippen molar-refractivity contribution in [3.05, 3.63) is 95.6 Å². The standard InChI is InChI=1S/C47H49FN12O5/c1-27-3-2-4-36(52-27)43(62)54-29-19-31(20-29)59-26-51-40-41(49-25-50-42(40)59)53-28-5-7-30(8-6-28)56-15-17-57(18-16-56)32-23-47(24-32)11-13-58(14-12-47)38-22-34-33(21-35(38)48)45(64)60(46(34)65)37-9-10-39(61)55-44(37)63/h2-8,21-22,25-26,29,31-32,37H,9-20,23-24H2,1H3,(H,54,62)(H,49,50,53)(H,55,61,63). The highest BCUT2D eigenvalue weighted by Gasteiger charge is 2.49. The molecule has 5 aromatic rings. The van der Waals surface area contributed by atoms with E-state index in [1.807, 2.05) is 30.3 Å². The maximum absolute atomic E-state index is 15.6. The Morgan fingerprint density at radius 1 is 0.846 bits per heavy atom. The Labute approximate surface area is 373 Å². The summed E-state index contributed by atoms with van der Waals surface area (Å²) in [7, 11) is 0. The van der Waals surface area contributed by atoms with Crippen LogP contribution in [0.2, 0.25) is 0 Å². The second kappa shape index (κ2) is 16.0. The zero-order chi connectivity index (χ0) is 44.6. The van der Waals surface area contributed by atoms with Gasteiger partial charge in [0.2, 0.25) is 11.8 Å². The number of hydrogen-bond acceptors (Lipinski definition) is 13. The minimum absolute atomic E-state index is 0.0255. The summed E-state index contributed by atoms with van der Waals surface area (Å²) in [4.78, 5) is 89.4. The van der Waals surface area contributed by atoms with E-state index in [1.54, 1.807) is 12.4 Å². The first-order valence-corrected chi connectivity index (χ1v) is 22.6. The van der Waals surface area contributed by atoms with E-state index >= 15 is 4.39 Å². The fourth-order valence-electron chi connectivity index (χ4n) is 10.9. The van der Waals surface area contributed by atoms with E-state index in [-0.39, 0.29) is 47.4 Å². The number of nitrogens with one attached hydrogen (secondary N) is 3. The smallest absolute Gasteiger partial charge is 0.270 e. The van der Waals surface area contributed by atoms with Crippen molar-refractivity contribution >= 4 is 63.6 Å². The largest absolute Gasteiger partial charge is 0.369 e. The zero-order valence-electron chi connectivity index (χ0n) is 36.0. The van der Waals surface area contributed by atoms with Crippen LogP contribution in [0.15, 0.2) is 67.3 Å². The van der Waals surface area contributed by atoms with E-state index in [4.69, 9.17) is 0 Å². The van der Waals surface area contributed by atoms with Crippen molar-refractivity contribution in [3.63, 3.8) is 0 Å². The van der Waals surface area contributed by atoms with Gasteiger partial charge in [-0.05, 0) is 106 Å². The van der Waals surface area contributed by atoms with Gasteiger partial charge in [0.1, 0.15) is 23.9 Å². The summed E-state index contributed by atoms with van der Waals surface area (Å²) in [6.45, 7) is 7.01. The number of fused-ring (bicyclic) bond motifs is 2. The van der Waals surface area contributed by atoms with Gasteiger partial charge in [0, 0.05) is 80.9 Å². The summed E-state index contributed by atoms with van der Waals surface area (Å²) in [6.07, 6.45) is 9.07. The Hall–Kier alpha value is -6.82. The van der Waals surface area contributed by atoms with Crippen molar-refractivity contribution in [2.45, 2.75) is 82.5 Å². The minimum atomic E-state index is -1.09. The summed E-state index contributed by atoms with van der Waals surface area (Å²) >= 11 is 0. The van der Waals surface area contributed by atoms with Gasteiger partial charge in [-0.25, -0.2) is 24.3 Å². The van der Waals surface area contributed by atoms with Gasteiger partial charge in [-0.2, -0.15) is 0 Å². The Kier molecular flexibility index (Phi) is 10.1. The molecular weight excluding hydrogens is 832 g/mol. The molecule has 18 heteroatoms. The number of carbonyl (C=O) groups is 5. The third-order valence-corrected chi connectivity index (χ3v) is 14.7. The zero-order valence-corrected chi connectivity index (χ0v) is 36.0. The van der Waals surface area contributed by atoms with Crippen LogP contribution in [0.4, 0.5) is 27.3 Å². The molecule has 6 aliphatic rings. The number of nitrogens with zero attached hydrogens (tertiary/aromatic N) is 9. The SMILES string of the molecule is Cc1cccc(C(=O)NC2CC(n3cnc4c(Nc5ccc(N6CCN(C7CC8(CCN(c9cc%10c(cc9F)C(=O)N(C9CCC(=O)NC9=O)C%10=O)CC8)C7)CC6)cc5)ncnc43)C2)n1. The van der Waals surface area contributed by atoms with Crippen LogP contribution in [0.5, 0.6) is 0 Å². The molecule has 3 aromatic heterocycles. The van der Waals surface area contributed by atoms with E-state index < -0.39 is 35.5 Å². The number of anilines is 4. The van der Waals surface area contributed by atoms with Crippen LogP contribution >= 0.6 is 0 Å². The summed E-state index contributed by atoms with van der Waals surface area (Å²) in [5.74, 6) is -2.54. The third-order valence-electron chi connectivity index (χ3n) is 14.7. The molecular formula is C47H49FN12O5. The summed E-state index contributed by atoms with van der Waals surface area (Å²) < 4.78 is 17.6. The second-order valence-corrected chi connectivity index (χ2v) is 18.5. The molecule has 5 amide bonds. The molecule has 2 saturated carbocycles. The summed E-state index contributed by atoms with van der Waals surface area (Å²) in [6, 6.07) is 16.1. The number of aryl methyl sites for hydroxylation is 1. The van der Waals surface area contributed by atoms with Crippen LogP contribution in [0.1, 0.15) is 94.3 Å². The molecule has 2 aliphatic carbocycles. The molecule has 1 unspecified atom stereocenters. The lowest BCUT2D eigenvalue weighted by atomic mass is 9.60. The van der Waals surface area contributed by atoms with Gasteiger partial charge < -0.3 is 25.0 Å².